The van der Waals surface area contributed by atoms with E-state index >= 15 is 0 Å². The second kappa shape index (κ2) is 3.47. The van der Waals surface area contributed by atoms with Gasteiger partial charge in [0.15, 0.2) is 0 Å². The Kier molecular flexibility index (Phi) is 2.53. The molecular formula is C8H14N+. The highest BCUT2D eigenvalue weighted by Crippen LogP contribution is 2.32. The van der Waals surface area contributed by atoms with Crippen molar-refractivity contribution in [2.24, 2.45) is 5.92 Å². The SMILES string of the molecule is CC=[N+]=CCCC1CC1. The number of hydrogen-bond acceptors (Lipinski definition) is 0. The van der Waals surface area contributed by atoms with Crippen LogP contribution in [-0.4, -0.2) is 12.4 Å². The zero-order chi connectivity index (χ0) is 6.53. The maximum absolute atomic E-state index is 4.02. The molecule has 1 fully saturated rings. The number of hydrogen-bond donors (Lipinski definition) is 0. The van der Waals surface area contributed by atoms with Crippen molar-refractivity contribution in [1.82, 2.24) is 4.67 Å². The summed E-state index contributed by atoms with van der Waals surface area (Å²) < 4.78 is 4.02. The first kappa shape index (κ1) is 6.57. The fourth-order valence-electron chi connectivity index (χ4n) is 0.897. The Labute approximate surface area is 56.5 Å². The Hall–Kier alpha value is -0.550. The lowest BCUT2D eigenvalue weighted by Gasteiger charge is -1.80. The summed E-state index contributed by atoms with van der Waals surface area (Å²) in [6.45, 7) is 1.95. The van der Waals surface area contributed by atoms with Crippen molar-refractivity contribution < 1.29 is 0 Å². The van der Waals surface area contributed by atoms with E-state index in [1.54, 1.807) is 0 Å². The lowest BCUT2D eigenvalue weighted by molar-refractivity contribution is 0.764. The van der Waals surface area contributed by atoms with Crippen LogP contribution in [0.3, 0.4) is 0 Å². The molecule has 0 aromatic heterocycles. The van der Waals surface area contributed by atoms with Gasteiger partial charge in [-0.15, -0.1) is 4.67 Å². The minimum atomic E-state index is 1.05. The van der Waals surface area contributed by atoms with Crippen molar-refractivity contribution in [3.8, 4) is 0 Å². The quantitative estimate of drug-likeness (QED) is 0.399. The third-order valence-corrected chi connectivity index (χ3v) is 1.66. The van der Waals surface area contributed by atoms with Crippen LogP contribution < -0.4 is 4.67 Å². The molecule has 50 valence electrons. The largest absolute Gasteiger partial charge is 0.268 e. The van der Waals surface area contributed by atoms with Gasteiger partial charge >= 0.3 is 0 Å². The van der Waals surface area contributed by atoms with E-state index in [0.717, 1.165) is 5.92 Å². The molecule has 1 heteroatoms. The molecule has 0 spiro atoms. The molecule has 1 aliphatic carbocycles. The minimum absolute atomic E-state index is 1.05. The van der Waals surface area contributed by atoms with Crippen LogP contribution in [-0.2, 0) is 0 Å². The third-order valence-electron chi connectivity index (χ3n) is 1.66. The molecule has 0 saturated heterocycles. The second-order valence-electron chi connectivity index (χ2n) is 2.61. The molecule has 9 heavy (non-hydrogen) atoms. The Bertz CT molecular complexity index is 128. The van der Waals surface area contributed by atoms with Crippen molar-refractivity contribution in [1.29, 1.82) is 0 Å². The first-order valence-electron chi connectivity index (χ1n) is 3.73. The normalized spacial score (nSPS) is 16.6. The van der Waals surface area contributed by atoms with Crippen molar-refractivity contribution in [3.63, 3.8) is 0 Å². The molecule has 0 amide bonds. The summed E-state index contributed by atoms with van der Waals surface area (Å²) >= 11 is 0. The molecule has 1 aliphatic rings. The van der Waals surface area contributed by atoms with Gasteiger partial charge in [0.25, 0.3) is 12.4 Å². The Morgan fingerprint density at radius 2 is 2.33 bits per heavy atom. The van der Waals surface area contributed by atoms with Gasteiger partial charge in [0, 0.05) is 13.3 Å². The van der Waals surface area contributed by atoms with Crippen molar-refractivity contribution in [3.05, 3.63) is 0 Å². The van der Waals surface area contributed by atoms with Crippen LogP contribution in [0.1, 0.15) is 32.6 Å². The summed E-state index contributed by atoms with van der Waals surface area (Å²) in [5.41, 5.74) is 0. The third kappa shape index (κ3) is 3.10. The van der Waals surface area contributed by atoms with E-state index in [9.17, 15) is 0 Å². The van der Waals surface area contributed by atoms with E-state index in [1.807, 2.05) is 19.4 Å². The Balaban J connectivity index is 1.97. The lowest BCUT2D eigenvalue weighted by atomic mass is 10.2. The molecule has 0 aromatic rings. The van der Waals surface area contributed by atoms with Gasteiger partial charge in [0.1, 0.15) is 0 Å². The van der Waals surface area contributed by atoms with Gasteiger partial charge in [0.05, 0.1) is 0 Å². The molecule has 0 heterocycles. The minimum Gasteiger partial charge on any atom is -0.111 e. The monoisotopic (exact) mass is 124 g/mol. The Morgan fingerprint density at radius 1 is 1.56 bits per heavy atom. The zero-order valence-corrected chi connectivity index (χ0v) is 6.01. The van der Waals surface area contributed by atoms with E-state index < -0.39 is 0 Å². The fraction of sp³-hybridized carbons (Fsp3) is 0.750. The molecular weight excluding hydrogens is 110 g/mol. The van der Waals surface area contributed by atoms with Crippen molar-refractivity contribution in [2.75, 3.05) is 0 Å². The molecule has 0 bridgehead atoms. The maximum Gasteiger partial charge on any atom is 0.268 e. The molecule has 0 atom stereocenters. The van der Waals surface area contributed by atoms with E-state index in [2.05, 4.69) is 4.67 Å². The second-order valence-corrected chi connectivity index (χ2v) is 2.61. The van der Waals surface area contributed by atoms with Gasteiger partial charge in [-0.05, 0) is 12.3 Å². The molecule has 0 aliphatic heterocycles. The van der Waals surface area contributed by atoms with Gasteiger partial charge in [-0.25, -0.2) is 0 Å². The predicted molar refractivity (Wildman–Crippen MR) is 41.9 cm³/mol. The van der Waals surface area contributed by atoms with Crippen LogP contribution in [0.25, 0.3) is 0 Å². The zero-order valence-electron chi connectivity index (χ0n) is 6.01. The average Bonchev–Trinajstić information content (AvgIpc) is 2.63. The molecule has 0 aromatic carbocycles. The van der Waals surface area contributed by atoms with E-state index in [-0.39, 0.29) is 0 Å². The van der Waals surface area contributed by atoms with Gasteiger partial charge in [-0.3, -0.25) is 0 Å². The first-order chi connectivity index (χ1) is 4.43. The predicted octanol–water partition coefficient (Wildman–Crippen LogP) is 1.41. The molecule has 0 radical (unpaired) electrons. The summed E-state index contributed by atoms with van der Waals surface area (Å²) in [7, 11) is 0. The topological polar surface area (TPSA) is 14.1 Å². The summed E-state index contributed by atoms with van der Waals surface area (Å²) in [5.74, 6) is 1.05. The Morgan fingerprint density at radius 3 is 2.89 bits per heavy atom. The highest BCUT2D eigenvalue weighted by molar-refractivity contribution is 5.64. The van der Waals surface area contributed by atoms with Crippen LogP contribution in [0.15, 0.2) is 0 Å². The maximum atomic E-state index is 4.02. The molecule has 0 N–H and O–H groups in total. The van der Waals surface area contributed by atoms with Crippen LogP contribution in [0.2, 0.25) is 0 Å². The van der Waals surface area contributed by atoms with Crippen molar-refractivity contribution >= 4 is 12.4 Å². The summed E-state index contributed by atoms with van der Waals surface area (Å²) in [6.07, 6.45) is 9.31. The van der Waals surface area contributed by atoms with Gasteiger partial charge in [0.2, 0.25) is 0 Å². The molecule has 0 unspecified atom stereocenters. The standard InChI is InChI=1S/C8H14N/c1-2-9-7-3-4-8-5-6-8/h2,7-8H,3-6H2,1H3/q+1. The lowest BCUT2D eigenvalue weighted by Crippen LogP contribution is -1.82. The van der Waals surface area contributed by atoms with Gasteiger partial charge in [-0.2, -0.15) is 0 Å². The van der Waals surface area contributed by atoms with E-state index in [0.29, 0.717) is 0 Å². The van der Waals surface area contributed by atoms with Gasteiger partial charge in [-0.1, -0.05) is 12.8 Å². The smallest absolute Gasteiger partial charge is 0.111 e. The summed E-state index contributed by atoms with van der Waals surface area (Å²) in [5, 5.41) is 0. The van der Waals surface area contributed by atoms with Gasteiger partial charge < -0.3 is 0 Å². The van der Waals surface area contributed by atoms with Crippen LogP contribution in [0, 0.1) is 5.92 Å². The van der Waals surface area contributed by atoms with Crippen LogP contribution >= 0.6 is 0 Å². The van der Waals surface area contributed by atoms with Crippen LogP contribution in [0.4, 0.5) is 0 Å². The first-order valence-corrected chi connectivity index (χ1v) is 3.73. The highest BCUT2D eigenvalue weighted by atomic mass is 14.5. The molecule has 1 nitrogen and oxygen atoms in total. The highest BCUT2D eigenvalue weighted by Gasteiger charge is 2.20. The van der Waals surface area contributed by atoms with E-state index in [4.69, 9.17) is 0 Å². The number of rotatable bonds is 3. The average molecular weight is 124 g/mol. The molecule has 1 saturated carbocycles. The molecule has 1 rings (SSSR count). The van der Waals surface area contributed by atoms with E-state index in [1.165, 1.54) is 25.7 Å². The summed E-state index contributed by atoms with van der Waals surface area (Å²) in [4.78, 5) is 0. The van der Waals surface area contributed by atoms with Crippen molar-refractivity contribution in [2.45, 2.75) is 32.6 Å². The number of nitrogens with zero attached hydrogens (tertiary/aromatic N) is 1. The summed E-state index contributed by atoms with van der Waals surface area (Å²) in [6, 6.07) is 0. The van der Waals surface area contributed by atoms with Crippen LogP contribution in [0.5, 0.6) is 0 Å². The fourth-order valence-corrected chi connectivity index (χ4v) is 0.897.